The van der Waals surface area contributed by atoms with Gasteiger partial charge in [-0.2, -0.15) is 5.26 Å². The summed E-state index contributed by atoms with van der Waals surface area (Å²) >= 11 is 0. The molecule has 0 aromatic rings. The summed E-state index contributed by atoms with van der Waals surface area (Å²) in [5, 5.41) is 22.1. The molecule has 18 heavy (non-hydrogen) atoms. The van der Waals surface area contributed by atoms with Crippen LogP contribution in [0, 0.1) is 17.2 Å². The van der Waals surface area contributed by atoms with Gasteiger partial charge in [0.1, 0.15) is 6.04 Å². The second-order valence-corrected chi connectivity index (χ2v) is 5.71. The van der Waals surface area contributed by atoms with E-state index in [9.17, 15) is 9.90 Å². The van der Waals surface area contributed by atoms with Gasteiger partial charge in [-0.3, -0.25) is 4.79 Å². The number of likely N-dealkylation sites (tertiary alicyclic amines) is 1. The van der Waals surface area contributed by atoms with Gasteiger partial charge < -0.3 is 15.3 Å². The summed E-state index contributed by atoms with van der Waals surface area (Å²) in [6.07, 6.45) is 4.10. The number of piperidine rings is 2. The number of amides is 1. The van der Waals surface area contributed by atoms with Gasteiger partial charge in [-0.25, -0.2) is 0 Å². The number of aliphatic hydroxyl groups is 1. The number of hydrogen-bond acceptors (Lipinski definition) is 4. The Balaban J connectivity index is 1.72. The highest BCUT2D eigenvalue weighted by atomic mass is 16.3. The van der Waals surface area contributed by atoms with Crippen LogP contribution >= 0.6 is 0 Å². The monoisotopic (exact) mass is 249 g/mol. The van der Waals surface area contributed by atoms with E-state index >= 15 is 0 Å². The molecule has 1 amide bonds. The van der Waals surface area contributed by atoms with Crippen LogP contribution in [0.1, 0.15) is 32.1 Å². The number of carbonyl (C=O) groups excluding carboxylic acids is 1. The predicted octanol–water partition coefficient (Wildman–Crippen LogP) is 0.00238. The van der Waals surface area contributed by atoms with E-state index in [1.165, 1.54) is 0 Å². The summed E-state index contributed by atoms with van der Waals surface area (Å²) in [6.45, 7) is 0.704. The number of nitrogens with one attached hydrogen (secondary N) is 1. The van der Waals surface area contributed by atoms with E-state index in [-0.39, 0.29) is 36.1 Å². The molecule has 5 atom stereocenters. The number of fused-ring (bicyclic) bond motifs is 3. The number of hydrogen-bond donors (Lipinski definition) is 2. The minimum absolute atomic E-state index is 0.0621. The van der Waals surface area contributed by atoms with Crippen LogP contribution in [-0.4, -0.2) is 46.7 Å². The average Bonchev–Trinajstić information content (AvgIpc) is 2.86. The predicted molar refractivity (Wildman–Crippen MR) is 64.4 cm³/mol. The molecule has 1 saturated carbocycles. The molecule has 2 N–H and O–H groups in total. The van der Waals surface area contributed by atoms with Gasteiger partial charge in [-0.15, -0.1) is 0 Å². The first-order valence-electron chi connectivity index (χ1n) is 6.85. The zero-order valence-electron chi connectivity index (χ0n) is 10.4. The van der Waals surface area contributed by atoms with Crippen LogP contribution in [0.2, 0.25) is 0 Å². The Labute approximate surface area is 107 Å². The molecular formula is C13H19N3O2. The molecule has 5 heteroatoms. The Hall–Kier alpha value is -1.12. The van der Waals surface area contributed by atoms with Gasteiger partial charge in [0.25, 0.3) is 0 Å². The van der Waals surface area contributed by atoms with Gasteiger partial charge in [0.15, 0.2) is 0 Å². The van der Waals surface area contributed by atoms with Crippen LogP contribution in [0.4, 0.5) is 0 Å². The van der Waals surface area contributed by atoms with E-state index in [4.69, 9.17) is 5.26 Å². The molecule has 0 unspecified atom stereocenters. The summed E-state index contributed by atoms with van der Waals surface area (Å²) < 4.78 is 0. The highest BCUT2D eigenvalue weighted by Gasteiger charge is 2.46. The van der Waals surface area contributed by atoms with Crippen molar-refractivity contribution in [3.8, 4) is 6.07 Å². The summed E-state index contributed by atoms with van der Waals surface area (Å²) in [6, 6.07) is 1.85. The van der Waals surface area contributed by atoms with Gasteiger partial charge in [-0.05, 0) is 38.0 Å². The number of carbonyl (C=O) groups is 1. The fourth-order valence-electron chi connectivity index (χ4n) is 3.66. The zero-order chi connectivity index (χ0) is 12.7. The normalized spacial score (nSPS) is 42.9. The molecule has 4 aliphatic rings. The van der Waals surface area contributed by atoms with Crippen molar-refractivity contribution in [1.29, 1.82) is 5.26 Å². The quantitative estimate of drug-likeness (QED) is 0.686. The molecule has 98 valence electrons. The lowest BCUT2D eigenvalue weighted by Crippen LogP contribution is -2.64. The zero-order valence-corrected chi connectivity index (χ0v) is 10.4. The minimum Gasteiger partial charge on any atom is -0.391 e. The second-order valence-electron chi connectivity index (χ2n) is 5.71. The standard InChI is InChI=1S/C13H19N3O2/c14-7-9-2-1-5-16(9)13(18)12-8-3-4-10(15-12)11(17)6-8/h8-12,15,17H,1-6H2/t8-,9+,10+,11-,12+/m1/s1. The van der Waals surface area contributed by atoms with Crippen LogP contribution in [-0.2, 0) is 4.79 Å². The maximum atomic E-state index is 12.5. The summed E-state index contributed by atoms with van der Waals surface area (Å²) in [7, 11) is 0. The topological polar surface area (TPSA) is 76.4 Å². The lowest BCUT2D eigenvalue weighted by molar-refractivity contribution is -0.139. The molecule has 0 aromatic carbocycles. The molecule has 3 heterocycles. The Morgan fingerprint density at radius 3 is 2.83 bits per heavy atom. The van der Waals surface area contributed by atoms with Crippen molar-refractivity contribution in [2.24, 2.45) is 5.92 Å². The van der Waals surface area contributed by atoms with Crippen molar-refractivity contribution in [2.75, 3.05) is 6.54 Å². The van der Waals surface area contributed by atoms with Crippen molar-refractivity contribution < 1.29 is 9.90 Å². The Morgan fingerprint density at radius 1 is 1.39 bits per heavy atom. The van der Waals surface area contributed by atoms with E-state index in [2.05, 4.69) is 11.4 Å². The first-order chi connectivity index (χ1) is 8.70. The van der Waals surface area contributed by atoms with Crippen LogP contribution in [0.25, 0.3) is 0 Å². The highest BCUT2D eigenvalue weighted by molar-refractivity contribution is 5.83. The van der Waals surface area contributed by atoms with Crippen molar-refractivity contribution in [3.05, 3.63) is 0 Å². The molecule has 2 bridgehead atoms. The molecule has 0 spiro atoms. The maximum absolute atomic E-state index is 12.5. The molecule has 3 saturated heterocycles. The van der Waals surface area contributed by atoms with Crippen molar-refractivity contribution in [1.82, 2.24) is 10.2 Å². The van der Waals surface area contributed by atoms with E-state index in [1.807, 2.05) is 0 Å². The van der Waals surface area contributed by atoms with Crippen LogP contribution in [0.3, 0.4) is 0 Å². The average molecular weight is 249 g/mol. The maximum Gasteiger partial charge on any atom is 0.241 e. The SMILES string of the molecule is N#C[C@@H]1CCCN1C(=O)[C@H]1N[C@H]2CC[C@@H]1C[C@H]2O. The van der Waals surface area contributed by atoms with Gasteiger partial charge in [0, 0.05) is 12.6 Å². The lowest BCUT2D eigenvalue weighted by Gasteiger charge is -2.46. The largest absolute Gasteiger partial charge is 0.391 e. The van der Waals surface area contributed by atoms with E-state index in [0.717, 1.165) is 32.1 Å². The van der Waals surface area contributed by atoms with Crippen LogP contribution < -0.4 is 5.32 Å². The fraction of sp³-hybridized carbons (Fsp3) is 0.846. The van der Waals surface area contributed by atoms with Crippen molar-refractivity contribution >= 4 is 5.91 Å². The molecule has 0 aromatic heterocycles. The van der Waals surface area contributed by atoms with Crippen LogP contribution in [0.5, 0.6) is 0 Å². The van der Waals surface area contributed by atoms with E-state index in [1.54, 1.807) is 4.90 Å². The Bertz CT molecular complexity index is 392. The molecular weight excluding hydrogens is 230 g/mol. The third kappa shape index (κ3) is 1.80. The Morgan fingerprint density at radius 2 is 2.22 bits per heavy atom. The first kappa shape index (κ1) is 11.9. The van der Waals surface area contributed by atoms with Crippen molar-refractivity contribution in [3.63, 3.8) is 0 Å². The van der Waals surface area contributed by atoms with Crippen LogP contribution in [0.15, 0.2) is 0 Å². The summed E-state index contributed by atoms with van der Waals surface area (Å²) in [5.41, 5.74) is 0. The van der Waals surface area contributed by atoms with Gasteiger partial charge in [-0.1, -0.05) is 0 Å². The van der Waals surface area contributed by atoms with E-state index < -0.39 is 0 Å². The fourth-order valence-corrected chi connectivity index (χ4v) is 3.66. The van der Waals surface area contributed by atoms with Gasteiger partial charge in [0.05, 0.1) is 18.2 Å². The number of rotatable bonds is 1. The third-order valence-electron chi connectivity index (χ3n) is 4.67. The van der Waals surface area contributed by atoms with Gasteiger partial charge in [0.2, 0.25) is 5.91 Å². The molecule has 1 aliphatic carbocycles. The molecule has 3 aliphatic heterocycles. The summed E-state index contributed by atoms with van der Waals surface area (Å²) in [4.78, 5) is 14.2. The first-order valence-corrected chi connectivity index (χ1v) is 6.85. The van der Waals surface area contributed by atoms with E-state index in [0.29, 0.717) is 6.54 Å². The van der Waals surface area contributed by atoms with Gasteiger partial charge >= 0.3 is 0 Å². The Kier molecular flexibility index (Phi) is 3.00. The smallest absolute Gasteiger partial charge is 0.241 e. The number of aliphatic hydroxyl groups excluding tert-OH is 1. The molecule has 4 rings (SSSR count). The highest BCUT2D eigenvalue weighted by Crippen LogP contribution is 2.35. The molecule has 4 fully saturated rings. The second kappa shape index (κ2) is 4.52. The molecule has 0 radical (unpaired) electrons. The lowest BCUT2D eigenvalue weighted by atomic mass is 9.74. The molecule has 5 nitrogen and oxygen atoms in total. The number of nitriles is 1. The third-order valence-corrected chi connectivity index (χ3v) is 4.67. The minimum atomic E-state index is -0.307. The van der Waals surface area contributed by atoms with Crippen molar-refractivity contribution in [2.45, 2.75) is 56.3 Å². The summed E-state index contributed by atoms with van der Waals surface area (Å²) in [5.74, 6) is 0.304. The number of nitrogens with zero attached hydrogens (tertiary/aromatic N) is 2.